The molecule has 0 aromatic carbocycles. The third-order valence-electron chi connectivity index (χ3n) is 4.85. The number of pyridine rings is 1. The Bertz CT molecular complexity index is 896. The Morgan fingerprint density at radius 1 is 1.22 bits per heavy atom. The number of aryl methyl sites for hydroxylation is 2. The van der Waals surface area contributed by atoms with Crippen molar-refractivity contribution < 1.29 is 9.21 Å². The first-order chi connectivity index (χ1) is 13.2. The summed E-state index contributed by atoms with van der Waals surface area (Å²) in [6.07, 6.45) is 5.74. The molecule has 140 valence electrons. The van der Waals surface area contributed by atoms with Crippen molar-refractivity contribution in [3.05, 3.63) is 48.2 Å². The molecule has 1 fully saturated rings. The van der Waals surface area contributed by atoms with Crippen molar-refractivity contribution in [2.24, 2.45) is 0 Å². The molecule has 0 saturated carbocycles. The van der Waals surface area contributed by atoms with Gasteiger partial charge < -0.3 is 9.32 Å². The number of aromatic nitrogens is 5. The van der Waals surface area contributed by atoms with Crippen molar-refractivity contribution in [3.63, 3.8) is 0 Å². The molecule has 1 aliphatic heterocycles. The number of likely N-dealkylation sites (tertiary alicyclic amines) is 1. The molecule has 0 unspecified atom stereocenters. The van der Waals surface area contributed by atoms with Crippen molar-refractivity contribution in [1.82, 2.24) is 29.9 Å². The summed E-state index contributed by atoms with van der Waals surface area (Å²) in [4.78, 5) is 18.6. The molecular formula is C19H22N6O2. The van der Waals surface area contributed by atoms with E-state index in [2.05, 4.69) is 20.3 Å². The molecule has 1 saturated heterocycles. The molecule has 27 heavy (non-hydrogen) atoms. The molecule has 3 aromatic rings. The van der Waals surface area contributed by atoms with Gasteiger partial charge in [-0.2, -0.15) is 5.10 Å². The van der Waals surface area contributed by atoms with Gasteiger partial charge in [-0.3, -0.25) is 14.5 Å². The van der Waals surface area contributed by atoms with Crippen LogP contribution < -0.4 is 0 Å². The first kappa shape index (κ1) is 17.4. The van der Waals surface area contributed by atoms with Gasteiger partial charge in [0, 0.05) is 44.4 Å². The second kappa shape index (κ2) is 7.69. The van der Waals surface area contributed by atoms with Gasteiger partial charge in [0.1, 0.15) is 5.69 Å². The Hall–Kier alpha value is -3.03. The van der Waals surface area contributed by atoms with Gasteiger partial charge in [0.05, 0.1) is 5.69 Å². The van der Waals surface area contributed by atoms with E-state index in [1.807, 2.05) is 47.0 Å². The minimum absolute atomic E-state index is 0.168. The highest BCUT2D eigenvalue weighted by molar-refractivity contribution is 5.76. The van der Waals surface area contributed by atoms with Crippen LogP contribution in [0.3, 0.4) is 0 Å². The van der Waals surface area contributed by atoms with E-state index in [9.17, 15) is 4.79 Å². The minimum Gasteiger partial charge on any atom is -0.419 e. The molecule has 8 heteroatoms. The lowest BCUT2D eigenvalue weighted by Crippen LogP contribution is -2.38. The second-order valence-corrected chi connectivity index (χ2v) is 6.79. The predicted molar refractivity (Wildman–Crippen MR) is 97.7 cm³/mol. The first-order valence-corrected chi connectivity index (χ1v) is 9.21. The lowest BCUT2D eigenvalue weighted by atomic mass is 9.96. The third kappa shape index (κ3) is 4.05. The fourth-order valence-electron chi connectivity index (χ4n) is 3.32. The van der Waals surface area contributed by atoms with E-state index >= 15 is 0 Å². The number of piperidine rings is 1. The SMILES string of the molecule is Cc1ccn(CCC(=O)N2CCC(c3nnc(-c4ccccn4)o3)CC2)n1. The van der Waals surface area contributed by atoms with Crippen LogP contribution in [-0.2, 0) is 11.3 Å². The summed E-state index contributed by atoms with van der Waals surface area (Å²) < 4.78 is 7.63. The van der Waals surface area contributed by atoms with Gasteiger partial charge in [-0.1, -0.05) is 6.07 Å². The highest BCUT2D eigenvalue weighted by Gasteiger charge is 2.27. The van der Waals surface area contributed by atoms with Crippen LogP contribution >= 0.6 is 0 Å². The largest absolute Gasteiger partial charge is 0.419 e. The Kier molecular flexibility index (Phi) is 4.95. The first-order valence-electron chi connectivity index (χ1n) is 9.21. The van der Waals surface area contributed by atoms with Crippen molar-refractivity contribution in [3.8, 4) is 11.6 Å². The summed E-state index contributed by atoms with van der Waals surface area (Å²) in [5, 5.41) is 12.6. The molecule has 0 atom stereocenters. The molecule has 0 radical (unpaired) electrons. The zero-order valence-electron chi connectivity index (χ0n) is 15.3. The summed E-state index contributed by atoms with van der Waals surface area (Å²) >= 11 is 0. The van der Waals surface area contributed by atoms with E-state index in [0.29, 0.717) is 43.5 Å². The van der Waals surface area contributed by atoms with Gasteiger partial charge >= 0.3 is 0 Å². The average molecular weight is 366 g/mol. The number of hydrogen-bond donors (Lipinski definition) is 0. The summed E-state index contributed by atoms with van der Waals surface area (Å²) in [6, 6.07) is 7.53. The zero-order chi connectivity index (χ0) is 18.6. The zero-order valence-corrected chi connectivity index (χ0v) is 15.3. The van der Waals surface area contributed by atoms with Crippen LogP contribution in [0.15, 0.2) is 41.1 Å². The summed E-state index contributed by atoms with van der Waals surface area (Å²) in [7, 11) is 0. The molecule has 0 spiro atoms. The van der Waals surface area contributed by atoms with Crippen LogP contribution in [0.5, 0.6) is 0 Å². The number of carbonyl (C=O) groups is 1. The van der Waals surface area contributed by atoms with Crippen LogP contribution in [0.2, 0.25) is 0 Å². The van der Waals surface area contributed by atoms with Crippen LogP contribution in [0.25, 0.3) is 11.6 Å². The van der Waals surface area contributed by atoms with Crippen LogP contribution in [0, 0.1) is 6.92 Å². The molecular weight excluding hydrogens is 344 g/mol. The van der Waals surface area contributed by atoms with E-state index in [1.165, 1.54) is 0 Å². The van der Waals surface area contributed by atoms with Gasteiger partial charge in [0.2, 0.25) is 11.8 Å². The number of carbonyl (C=O) groups excluding carboxylic acids is 1. The maximum absolute atomic E-state index is 12.4. The monoisotopic (exact) mass is 366 g/mol. The van der Waals surface area contributed by atoms with Gasteiger partial charge in [0.15, 0.2) is 0 Å². The third-order valence-corrected chi connectivity index (χ3v) is 4.85. The number of nitrogens with zero attached hydrogens (tertiary/aromatic N) is 6. The van der Waals surface area contributed by atoms with E-state index in [1.54, 1.807) is 6.20 Å². The summed E-state index contributed by atoms with van der Waals surface area (Å²) in [5.74, 6) is 1.43. The number of hydrogen-bond acceptors (Lipinski definition) is 6. The van der Waals surface area contributed by atoms with E-state index in [0.717, 1.165) is 18.5 Å². The van der Waals surface area contributed by atoms with E-state index in [4.69, 9.17) is 4.42 Å². The van der Waals surface area contributed by atoms with E-state index in [-0.39, 0.29) is 11.8 Å². The number of rotatable bonds is 5. The molecule has 8 nitrogen and oxygen atoms in total. The fourth-order valence-corrected chi connectivity index (χ4v) is 3.32. The van der Waals surface area contributed by atoms with Crippen LogP contribution in [0.1, 0.15) is 36.8 Å². The van der Waals surface area contributed by atoms with Gasteiger partial charge in [-0.05, 0) is 38.0 Å². The molecule has 1 aliphatic rings. The normalized spacial score (nSPS) is 15.2. The Morgan fingerprint density at radius 3 is 2.78 bits per heavy atom. The highest BCUT2D eigenvalue weighted by atomic mass is 16.4. The smallest absolute Gasteiger partial charge is 0.266 e. The van der Waals surface area contributed by atoms with Gasteiger partial charge in [-0.15, -0.1) is 10.2 Å². The van der Waals surface area contributed by atoms with E-state index < -0.39 is 0 Å². The van der Waals surface area contributed by atoms with Crippen molar-refractivity contribution in [2.75, 3.05) is 13.1 Å². The van der Waals surface area contributed by atoms with Crippen LogP contribution in [0.4, 0.5) is 0 Å². The van der Waals surface area contributed by atoms with Crippen LogP contribution in [-0.4, -0.2) is 48.9 Å². The average Bonchev–Trinajstić information content (AvgIpc) is 3.36. The summed E-state index contributed by atoms with van der Waals surface area (Å²) in [6.45, 7) is 3.98. The molecule has 4 heterocycles. The maximum atomic E-state index is 12.4. The lowest BCUT2D eigenvalue weighted by molar-refractivity contribution is -0.132. The standard InChI is InChI=1S/C19H22N6O2/c1-14-5-12-25(23-14)13-8-17(26)24-10-6-15(7-11-24)18-21-22-19(27-18)16-4-2-3-9-20-16/h2-5,9,12,15H,6-8,10-11,13H2,1H3. The lowest BCUT2D eigenvalue weighted by Gasteiger charge is -2.30. The minimum atomic E-state index is 0.168. The van der Waals surface area contributed by atoms with Crippen molar-refractivity contribution >= 4 is 5.91 Å². The molecule has 1 amide bonds. The Morgan fingerprint density at radius 2 is 2.07 bits per heavy atom. The summed E-state index contributed by atoms with van der Waals surface area (Å²) in [5.41, 5.74) is 1.64. The van der Waals surface area contributed by atoms with Crippen molar-refractivity contribution in [2.45, 2.75) is 38.6 Å². The maximum Gasteiger partial charge on any atom is 0.266 e. The molecule has 0 bridgehead atoms. The second-order valence-electron chi connectivity index (χ2n) is 6.79. The predicted octanol–water partition coefficient (Wildman–Crippen LogP) is 2.43. The molecule has 0 N–H and O–H groups in total. The Labute approximate surface area is 157 Å². The van der Waals surface area contributed by atoms with Gasteiger partial charge in [0.25, 0.3) is 5.89 Å². The molecule has 3 aromatic heterocycles. The molecule has 0 aliphatic carbocycles. The number of amides is 1. The Balaban J connectivity index is 1.30. The topological polar surface area (TPSA) is 89.9 Å². The van der Waals surface area contributed by atoms with Crippen molar-refractivity contribution in [1.29, 1.82) is 0 Å². The highest BCUT2D eigenvalue weighted by Crippen LogP contribution is 2.29. The van der Waals surface area contributed by atoms with Gasteiger partial charge in [-0.25, -0.2) is 0 Å². The molecule has 4 rings (SSSR count). The quantitative estimate of drug-likeness (QED) is 0.689. The fraction of sp³-hybridized carbons (Fsp3) is 0.421.